The molecule has 0 aliphatic heterocycles. The standard InChI is InChI=1S/C15H18N2O3S.ClH/c1-16-15(14-4-3-9-20-14)17-10-12-5-7-13(8-6-12)11-21(2,18)19;/h3-9H,10-11H2,1-2H3,(H,16,17);1H. The lowest BCUT2D eigenvalue weighted by Gasteiger charge is -2.08. The summed E-state index contributed by atoms with van der Waals surface area (Å²) in [7, 11) is -1.30. The Morgan fingerprint density at radius 2 is 1.82 bits per heavy atom. The number of nitrogens with zero attached hydrogens (tertiary/aromatic N) is 1. The molecule has 120 valence electrons. The van der Waals surface area contributed by atoms with Crippen molar-refractivity contribution in [3.8, 4) is 0 Å². The van der Waals surface area contributed by atoms with Crippen molar-refractivity contribution in [1.29, 1.82) is 0 Å². The van der Waals surface area contributed by atoms with E-state index in [1.807, 2.05) is 36.4 Å². The van der Waals surface area contributed by atoms with Crippen LogP contribution >= 0.6 is 12.4 Å². The Morgan fingerprint density at radius 1 is 1.18 bits per heavy atom. The van der Waals surface area contributed by atoms with Crippen LogP contribution in [0.25, 0.3) is 0 Å². The Kier molecular flexibility index (Phi) is 6.64. The van der Waals surface area contributed by atoms with Crippen molar-refractivity contribution in [2.75, 3.05) is 13.3 Å². The molecule has 0 bridgehead atoms. The molecule has 1 heterocycles. The topological polar surface area (TPSA) is 71.7 Å². The first kappa shape index (κ1) is 18.3. The molecule has 2 aromatic rings. The zero-order valence-corrected chi connectivity index (χ0v) is 14.1. The van der Waals surface area contributed by atoms with Crippen molar-refractivity contribution in [3.63, 3.8) is 0 Å². The molecule has 0 aliphatic carbocycles. The van der Waals surface area contributed by atoms with E-state index in [1.165, 1.54) is 6.26 Å². The minimum Gasteiger partial charge on any atom is -0.461 e. The summed E-state index contributed by atoms with van der Waals surface area (Å²) < 4.78 is 27.8. The first-order valence-electron chi connectivity index (χ1n) is 6.48. The number of amidine groups is 1. The summed E-state index contributed by atoms with van der Waals surface area (Å²) in [5.41, 5.74) is 1.83. The molecular weight excluding hydrogens is 324 g/mol. The fraction of sp³-hybridized carbons (Fsp3) is 0.267. The van der Waals surface area contributed by atoms with Gasteiger partial charge in [0.05, 0.1) is 12.0 Å². The molecule has 0 radical (unpaired) electrons. The van der Waals surface area contributed by atoms with Crippen molar-refractivity contribution in [2.24, 2.45) is 4.99 Å². The Hall–Kier alpha value is -1.79. The van der Waals surface area contributed by atoms with E-state index in [2.05, 4.69) is 10.3 Å². The maximum absolute atomic E-state index is 11.2. The Morgan fingerprint density at radius 3 is 2.32 bits per heavy atom. The monoisotopic (exact) mass is 342 g/mol. The van der Waals surface area contributed by atoms with Gasteiger partial charge in [0.25, 0.3) is 0 Å². The second-order valence-electron chi connectivity index (χ2n) is 4.79. The number of hydrogen-bond donors (Lipinski definition) is 1. The molecule has 0 spiro atoms. The highest BCUT2D eigenvalue weighted by molar-refractivity contribution is 7.89. The minimum atomic E-state index is -3.00. The number of hydrogen-bond acceptors (Lipinski definition) is 4. The molecule has 0 saturated carbocycles. The molecular formula is C15H19ClN2O3S. The van der Waals surface area contributed by atoms with Crippen LogP contribution in [0.4, 0.5) is 0 Å². The second kappa shape index (κ2) is 8.00. The molecule has 0 amide bonds. The Balaban J connectivity index is 0.00000242. The summed E-state index contributed by atoms with van der Waals surface area (Å²) in [5.74, 6) is 1.43. The number of benzene rings is 1. The van der Waals surface area contributed by atoms with Crippen molar-refractivity contribution in [3.05, 3.63) is 59.5 Å². The number of furan rings is 1. The van der Waals surface area contributed by atoms with Gasteiger partial charge >= 0.3 is 0 Å². The number of nitrogens with one attached hydrogen (secondary N) is 1. The third kappa shape index (κ3) is 5.54. The lowest BCUT2D eigenvalue weighted by atomic mass is 10.1. The maximum atomic E-state index is 11.2. The Labute approximate surface area is 136 Å². The van der Waals surface area contributed by atoms with Gasteiger partial charge in [0.15, 0.2) is 21.4 Å². The van der Waals surface area contributed by atoms with E-state index < -0.39 is 9.84 Å². The van der Waals surface area contributed by atoms with Gasteiger partial charge in [-0.1, -0.05) is 24.3 Å². The van der Waals surface area contributed by atoms with Gasteiger partial charge < -0.3 is 9.73 Å². The number of aliphatic imine (C=N–C) groups is 1. The van der Waals surface area contributed by atoms with Crippen LogP contribution < -0.4 is 5.32 Å². The van der Waals surface area contributed by atoms with Crippen LogP contribution in [0.5, 0.6) is 0 Å². The molecule has 0 fully saturated rings. The fourth-order valence-electron chi connectivity index (χ4n) is 1.93. The molecule has 0 unspecified atom stereocenters. The summed E-state index contributed by atoms with van der Waals surface area (Å²) in [4.78, 5) is 4.14. The molecule has 1 aromatic heterocycles. The van der Waals surface area contributed by atoms with Crippen molar-refractivity contribution < 1.29 is 12.8 Å². The van der Waals surface area contributed by atoms with Crippen LogP contribution in [-0.4, -0.2) is 27.6 Å². The number of rotatable bonds is 5. The number of halogens is 1. The SMILES string of the molecule is CN=C(NCc1ccc(CS(C)(=O)=O)cc1)c1ccco1.Cl. The molecule has 0 saturated heterocycles. The van der Waals surface area contributed by atoms with E-state index in [0.29, 0.717) is 18.1 Å². The molecule has 5 nitrogen and oxygen atoms in total. The van der Waals surface area contributed by atoms with Crippen molar-refractivity contribution in [1.82, 2.24) is 5.32 Å². The van der Waals surface area contributed by atoms with E-state index in [4.69, 9.17) is 4.42 Å². The van der Waals surface area contributed by atoms with Crippen LogP contribution in [0.15, 0.2) is 52.1 Å². The third-order valence-electron chi connectivity index (χ3n) is 2.89. The predicted molar refractivity (Wildman–Crippen MR) is 90.2 cm³/mol. The average Bonchev–Trinajstić information content (AvgIpc) is 2.94. The van der Waals surface area contributed by atoms with Crippen molar-refractivity contribution >= 4 is 28.1 Å². The zero-order valence-electron chi connectivity index (χ0n) is 12.4. The maximum Gasteiger partial charge on any atom is 0.168 e. The third-order valence-corrected chi connectivity index (χ3v) is 3.75. The fourth-order valence-corrected chi connectivity index (χ4v) is 2.73. The Bertz CT molecular complexity index is 708. The van der Waals surface area contributed by atoms with Crippen LogP contribution in [0.1, 0.15) is 16.9 Å². The summed E-state index contributed by atoms with van der Waals surface area (Å²) >= 11 is 0. The summed E-state index contributed by atoms with van der Waals surface area (Å²) in [6.07, 6.45) is 2.83. The minimum absolute atomic E-state index is 0. The molecule has 0 atom stereocenters. The zero-order chi connectivity index (χ0) is 15.3. The van der Waals surface area contributed by atoms with Gasteiger partial charge in [-0.25, -0.2) is 8.42 Å². The van der Waals surface area contributed by atoms with E-state index in [1.54, 1.807) is 13.3 Å². The lowest BCUT2D eigenvalue weighted by molar-refractivity contribution is 0.553. The smallest absolute Gasteiger partial charge is 0.168 e. The van der Waals surface area contributed by atoms with Gasteiger partial charge in [0.1, 0.15) is 0 Å². The normalized spacial score (nSPS) is 11.8. The van der Waals surface area contributed by atoms with Gasteiger partial charge in [0, 0.05) is 19.8 Å². The highest BCUT2D eigenvalue weighted by Crippen LogP contribution is 2.08. The van der Waals surface area contributed by atoms with Crippen LogP contribution in [0.2, 0.25) is 0 Å². The highest BCUT2D eigenvalue weighted by Gasteiger charge is 2.06. The highest BCUT2D eigenvalue weighted by atomic mass is 35.5. The second-order valence-corrected chi connectivity index (χ2v) is 6.93. The predicted octanol–water partition coefficient (Wildman–Crippen LogP) is 2.41. The van der Waals surface area contributed by atoms with Crippen LogP contribution in [0.3, 0.4) is 0 Å². The van der Waals surface area contributed by atoms with Crippen LogP contribution in [0, 0.1) is 0 Å². The molecule has 0 aliphatic rings. The summed E-state index contributed by atoms with van der Waals surface area (Å²) in [5, 5.41) is 3.19. The van der Waals surface area contributed by atoms with Crippen LogP contribution in [-0.2, 0) is 22.1 Å². The van der Waals surface area contributed by atoms with Gasteiger partial charge in [-0.15, -0.1) is 12.4 Å². The largest absolute Gasteiger partial charge is 0.461 e. The number of sulfone groups is 1. The molecule has 22 heavy (non-hydrogen) atoms. The average molecular weight is 343 g/mol. The molecule has 7 heteroatoms. The molecule has 1 aromatic carbocycles. The van der Waals surface area contributed by atoms with E-state index in [9.17, 15) is 8.42 Å². The first-order valence-corrected chi connectivity index (χ1v) is 8.54. The van der Waals surface area contributed by atoms with Gasteiger partial charge in [-0.05, 0) is 23.3 Å². The van der Waals surface area contributed by atoms with E-state index >= 15 is 0 Å². The quantitative estimate of drug-likeness (QED) is 0.669. The van der Waals surface area contributed by atoms with Gasteiger partial charge in [-0.2, -0.15) is 0 Å². The van der Waals surface area contributed by atoms with E-state index in [-0.39, 0.29) is 18.2 Å². The lowest BCUT2D eigenvalue weighted by Crippen LogP contribution is -2.23. The van der Waals surface area contributed by atoms with Gasteiger partial charge in [0.2, 0.25) is 0 Å². The summed E-state index contributed by atoms with van der Waals surface area (Å²) in [6, 6.07) is 11.1. The molecule has 1 N–H and O–H groups in total. The summed E-state index contributed by atoms with van der Waals surface area (Å²) in [6.45, 7) is 0.590. The van der Waals surface area contributed by atoms with Gasteiger partial charge in [-0.3, -0.25) is 4.99 Å². The van der Waals surface area contributed by atoms with Crippen molar-refractivity contribution in [2.45, 2.75) is 12.3 Å². The molecule has 2 rings (SSSR count). The first-order chi connectivity index (χ1) is 9.98. The van der Waals surface area contributed by atoms with E-state index in [0.717, 1.165) is 11.1 Å².